The molecule has 1 aliphatic rings. The number of aliphatic hydroxyl groups excluding tert-OH is 1. The number of carbonyl (C=O) groups excluding carboxylic acids is 1. The topological polar surface area (TPSA) is 72.5 Å². The minimum absolute atomic E-state index is 0.275. The smallest absolute Gasteiger partial charge is 0.335 e. The predicted octanol–water partition coefficient (Wildman–Crippen LogP) is 0.654. The Balaban J connectivity index is 2.29. The lowest BCUT2D eigenvalue weighted by Crippen LogP contribution is -2.50. The maximum absolute atomic E-state index is 11.6. The van der Waals surface area contributed by atoms with Gasteiger partial charge in [-0.15, -0.1) is 0 Å². The van der Waals surface area contributed by atoms with Crippen molar-refractivity contribution in [1.29, 1.82) is 0 Å². The van der Waals surface area contributed by atoms with Gasteiger partial charge in [0.15, 0.2) is 6.10 Å². The zero-order chi connectivity index (χ0) is 13.2. The number of fused-ring (bicyclic) bond motifs is 1. The van der Waals surface area contributed by atoms with E-state index in [-0.39, 0.29) is 6.54 Å². The van der Waals surface area contributed by atoms with Gasteiger partial charge in [0.25, 0.3) is 0 Å². The highest BCUT2D eigenvalue weighted by molar-refractivity contribution is 5.75. The number of methoxy groups -OCH3 is 1. The molecule has 3 N–H and O–H groups in total. The van der Waals surface area contributed by atoms with E-state index >= 15 is 0 Å². The van der Waals surface area contributed by atoms with Gasteiger partial charge in [0.05, 0.1) is 7.11 Å². The van der Waals surface area contributed by atoms with Crippen LogP contribution in [0.3, 0.4) is 0 Å². The SMILES string of the molecule is COC(=O)C(O)C1(CN)CCc2ccccc2C1. The number of carbonyl (C=O) groups is 1. The van der Waals surface area contributed by atoms with Gasteiger partial charge in [-0.05, 0) is 30.4 Å². The van der Waals surface area contributed by atoms with Gasteiger partial charge in [-0.3, -0.25) is 0 Å². The largest absolute Gasteiger partial charge is 0.467 e. The van der Waals surface area contributed by atoms with Crippen molar-refractivity contribution in [2.24, 2.45) is 11.1 Å². The molecule has 0 aliphatic heterocycles. The summed E-state index contributed by atoms with van der Waals surface area (Å²) in [6.07, 6.45) is 1.01. The molecule has 1 aromatic rings. The van der Waals surface area contributed by atoms with E-state index in [4.69, 9.17) is 5.73 Å². The van der Waals surface area contributed by atoms with Crippen molar-refractivity contribution < 1.29 is 14.6 Å². The van der Waals surface area contributed by atoms with E-state index in [0.29, 0.717) is 12.8 Å². The quantitative estimate of drug-likeness (QED) is 0.772. The van der Waals surface area contributed by atoms with Crippen LogP contribution < -0.4 is 5.73 Å². The second-order valence-electron chi connectivity index (χ2n) is 4.94. The molecule has 0 heterocycles. The van der Waals surface area contributed by atoms with Crippen LogP contribution in [0.1, 0.15) is 17.5 Å². The van der Waals surface area contributed by atoms with E-state index < -0.39 is 17.5 Å². The van der Waals surface area contributed by atoms with Gasteiger partial charge in [-0.2, -0.15) is 0 Å². The van der Waals surface area contributed by atoms with Crippen molar-refractivity contribution in [3.63, 3.8) is 0 Å². The summed E-state index contributed by atoms with van der Waals surface area (Å²) in [5.74, 6) is -0.597. The first kappa shape index (κ1) is 13.1. The molecule has 1 aliphatic carbocycles. The van der Waals surface area contributed by atoms with E-state index in [1.165, 1.54) is 12.7 Å². The molecule has 0 bridgehead atoms. The van der Waals surface area contributed by atoms with Crippen molar-refractivity contribution in [2.75, 3.05) is 13.7 Å². The van der Waals surface area contributed by atoms with E-state index in [0.717, 1.165) is 12.0 Å². The molecule has 4 nitrogen and oxygen atoms in total. The van der Waals surface area contributed by atoms with Crippen molar-refractivity contribution in [1.82, 2.24) is 0 Å². The van der Waals surface area contributed by atoms with Gasteiger partial charge >= 0.3 is 5.97 Å². The Hall–Kier alpha value is -1.39. The number of benzene rings is 1. The number of hydrogen-bond donors (Lipinski definition) is 2. The molecule has 0 spiro atoms. The van der Waals surface area contributed by atoms with Crippen LogP contribution in [0.4, 0.5) is 0 Å². The van der Waals surface area contributed by atoms with Crippen molar-refractivity contribution in [3.8, 4) is 0 Å². The minimum Gasteiger partial charge on any atom is -0.467 e. The molecule has 0 saturated heterocycles. The number of aliphatic hydroxyl groups is 1. The molecular formula is C14H19NO3. The molecule has 98 valence electrons. The second kappa shape index (κ2) is 5.08. The fourth-order valence-electron chi connectivity index (χ4n) is 2.71. The second-order valence-corrected chi connectivity index (χ2v) is 4.94. The highest BCUT2D eigenvalue weighted by Gasteiger charge is 2.43. The molecule has 0 aromatic heterocycles. The van der Waals surface area contributed by atoms with Crippen LogP contribution in [0.5, 0.6) is 0 Å². The molecule has 2 unspecified atom stereocenters. The average Bonchev–Trinajstić information content (AvgIpc) is 2.45. The molecule has 18 heavy (non-hydrogen) atoms. The van der Waals surface area contributed by atoms with Crippen LogP contribution in [-0.2, 0) is 22.4 Å². The third kappa shape index (κ3) is 2.13. The summed E-state index contributed by atoms with van der Waals surface area (Å²) in [5, 5.41) is 10.2. The number of hydrogen-bond acceptors (Lipinski definition) is 4. The Morgan fingerprint density at radius 2 is 2.17 bits per heavy atom. The maximum atomic E-state index is 11.6. The molecule has 0 fully saturated rings. The van der Waals surface area contributed by atoms with Gasteiger partial charge in [-0.25, -0.2) is 4.79 Å². The monoisotopic (exact) mass is 249 g/mol. The van der Waals surface area contributed by atoms with Crippen LogP contribution in [0.15, 0.2) is 24.3 Å². The van der Waals surface area contributed by atoms with Gasteiger partial charge in [0, 0.05) is 12.0 Å². The minimum atomic E-state index is -1.15. The summed E-state index contributed by atoms with van der Waals surface area (Å²) < 4.78 is 4.64. The van der Waals surface area contributed by atoms with E-state index in [2.05, 4.69) is 10.8 Å². The summed E-state index contributed by atoms with van der Waals surface area (Å²) in [6, 6.07) is 8.09. The van der Waals surface area contributed by atoms with Crippen molar-refractivity contribution >= 4 is 5.97 Å². The van der Waals surface area contributed by atoms with Crippen LogP contribution >= 0.6 is 0 Å². The van der Waals surface area contributed by atoms with Crippen LogP contribution in [0.2, 0.25) is 0 Å². The Kier molecular flexibility index (Phi) is 3.68. The lowest BCUT2D eigenvalue weighted by molar-refractivity contribution is -0.158. The molecule has 4 heteroatoms. The number of nitrogens with two attached hydrogens (primary N) is 1. The van der Waals surface area contributed by atoms with Gasteiger partial charge < -0.3 is 15.6 Å². The first-order valence-corrected chi connectivity index (χ1v) is 6.16. The fourth-order valence-corrected chi connectivity index (χ4v) is 2.71. The molecule has 1 aromatic carbocycles. The Morgan fingerprint density at radius 3 is 2.78 bits per heavy atom. The number of ether oxygens (including phenoxy) is 1. The van der Waals surface area contributed by atoms with Crippen molar-refractivity contribution in [2.45, 2.75) is 25.4 Å². The highest BCUT2D eigenvalue weighted by atomic mass is 16.5. The molecule has 0 saturated carbocycles. The molecule has 0 radical (unpaired) electrons. The van der Waals surface area contributed by atoms with E-state index in [9.17, 15) is 9.90 Å². The lowest BCUT2D eigenvalue weighted by atomic mass is 9.68. The predicted molar refractivity (Wildman–Crippen MR) is 68.0 cm³/mol. The van der Waals surface area contributed by atoms with Crippen molar-refractivity contribution in [3.05, 3.63) is 35.4 Å². The van der Waals surface area contributed by atoms with Crippen LogP contribution in [0.25, 0.3) is 0 Å². The molecular weight excluding hydrogens is 230 g/mol. The Morgan fingerprint density at radius 1 is 1.50 bits per heavy atom. The zero-order valence-electron chi connectivity index (χ0n) is 10.6. The number of rotatable bonds is 3. The third-order valence-electron chi connectivity index (χ3n) is 3.96. The van der Waals surface area contributed by atoms with Gasteiger partial charge in [-0.1, -0.05) is 24.3 Å². The summed E-state index contributed by atoms with van der Waals surface area (Å²) >= 11 is 0. The van der Waals surface area contributed by atoms with Crippen LogP contribution in [-0.4, -0.2) is 30.8 Å². The summed E-state index contributed by atoms with van der Waals surface area (Å²) in [4.78, 5) is 11.6. The highest BCUT2D eigenvalue weighted by Crippen LogP contribution is 2.38. The zero-order valence-corrected chi connectivity index (χ0v) is 10.6. The van der Waals surface area contributed by atoms with Gasteiger partial charge in [0.2, 0.25) is 0 Å². The fraction of sp³-hybridized carbons (Fsp3) is 0.500. The first-order chi connectivity index (χ1) is 8.63. The van der Waals surface area contributed by atoms with E-state index in [1.54, 1.807) is 0 Å². The van der Waals surface area contributed by atoms with Gasteiger partial charge in [0.1, 0.15) is 0 Å². The third-order valence-corrected chi connectivity index (χ3v) is 3.96. The standard InChI is InChI=1S/C14H19NO3/c1-18-13(17)12(16)14(9-15)7-6-10-4-2-3-5-11(10)8-14/h2-5,12,16H,6-9,15H2,1H3. The molecule has 0 amide bonds. The maximum Gasteiger partial charge on any atom is 0.335 e. The average molecular weight is 249 g/mol. The van der Waals surface area contributed by atoms with E-state index in [1.807, 2.05) is 18.2 Å². The summed E-state index contributed by atoms with van der Waals surface area (Å²) in [5.41, 5.74) is 7.67. The first-order valence-electron chi connectivity index (χ1n) is 6.16. The number of aryl methyl sites for hydroxylation is 1. The Labute approximate surface area is 107 Å². The lowest BCUT2D eigenvalue weighted by Gasteiger charge is -2.39. The summed E-state index contributed by atoms with van der Waals surface area (Å²) in [6.45, 7) is 0.275. The number of esters is 1. The Bertz CT molecular complexity index is 446. The molecule has 2 atom stereocenters. The normalized spacial score (nSPS) is 24.2. The van der Waals surface area contributed by atoms with Crippen LogP contribution in [0, 0.1) is 5.41 Å². The molecule has 2 rings (SSSR count). The summed E-state index contributed by atoms with van der Waals surface area (Å²) in [7, 11) is 1.28.